The highest BCUT2D eigenvalue weighted by Crippen LogP contribution is 2.33. The van der Waals surface area contributed by atoms with Crippen LogP contribution >= 0.6 is 11.6 Å². The minimum Gasteiger partial charge on any atom is -0.396 e. The van der Waals surface area contributed by atoms with E-state index in [-0.39, 0.29) is 19.1 Å². The van der Waals surface area contributed by atoms with E-state index < -0.39 is 0 Å². The summed E-state index contributed by atoms with van der Waals surface area (Å²) in [6.07, 6.45) is 9.37. The number of hydrogen-bond donors (Lipinski definition) is 4. The smallest absolute Gasteiger partial charge is 0.274 e. The van der Waals surface area contributed by atoms with Crippen molar-refractivity contribution in [3.63, 3.8) is 0 Å². The van der Waals surface area contributed by atoms with Crippen LogP contribution in [-0.2, 0) is 13.0 Å². The van der Waals surface area contributed by atoms with E-state index in [0.29, 0.717) is 46.3 Å². The van der Waals surface area contributed by atoms with Crippen LogP contribution in [0, 0.1) is 25.2 Å². The lowest BCUT2D eigenvalue weighted by Crippen LogP contribution is -2.18. The van der Waals surface area contributed by atoms with Gasteiger partial charge in [0.25, 0.3) is 5.91 Å². The fraction of sp³-hybridized carbons (Fsp3) is 0.257. The molecular weight excluding hydrogens is 574 g/mol. The third-order valence-corrected chi connectivity index (χ3v) is 7.70. The van der Waals surface area contributed by atoms with Crippen molar-refractivity contribution in [2.24, 2.45) is 0 Å². The van der Waals surface area contributed by atoms with Gasteiger partial charge in [0, 0.05) is 48.4 Å². The predicted molar refractivity (Wildman–Crippen MR) is 175 cm³/mol. The fourth-order valence-corrected chi connectivity index (χ4v) is 5.13. The van der Waals surface area contributed by atoms with Crippen LogP contribution in [0.15, 0.2) is 60.9 Å². The Hall–Kier alpha value is -4.39. The number of nitrogens with one attached hydrogen (secondary N) is 2. The van der Waals surface area contributed by atoms with Gasteiger partial charge in [-0.25, -0.2) is 0 Å². The molecule has 2 aromatic heterocycles. The quantitative estimate of drug-likeness (QED) is 0.135. The predicted octanol–water partition coefficient (Wildman–Crippen LogP) is 6.11. The Morgan fingerprint density at radius 2 is 1.86 bits per heavy atom. The number of unbranched alkanes of at least 4 members (excludes halogenated alkanes) is 1. The number of nitrogens with zero attached hydrogens (tertiary/aromatic N) is 3. The van der Waals surface area contributed by atoms with Gasteiger partial charge >= 0.3 is 0 Å². The molecule has 1 amide bonds. The van der Waals surface area contributed by atoms with Gasteiger partial charge in [-0.3, -0.25) is 14.8 Å². The molecule has 0 saturated heterocycles. The number of hydrogen-bond acceptors (Lipinski definition) is 7. The van der Waals surface area contributed by atoms with Crippen molar-refractivity contribution < 1.29 is 15.0 Å². The second kappa shape index (κ2) is 15.9. The molecule has 0 aliphatic heterocycles. The Kier molecular flexibility index (Phi) is 11.8. The fourth-order valence-electron chi connectivity index (χ4n) is 4.88. The van der Waals surface area contributed by atoms with Crippen molar-refractivity contribution >= 4 is 35.3 Å². The molecule has 0 radical (unpaired) electrons. The van der Waals surface area contributed by atoms with Gasteiger partial charge < -0.3 is 20.8 Å². The van der Waals surface area contributed by atoms with E-state index in [1.807, 2.05) is 56.3 Å². The first-order valence-electron chi connectivity index (χ1n) is 14.5. The molecule has 44 heavy (non-hydrogen) atoms. The van der Waals surface area contributed by atoms with Gasteiger partial charge in [0.2, 0.25) is 0 Å². The largest absolute Gasteiger partial charge is 0.396 e. The lowest BCUT2D eigenvalue weighted by atomic mass is 9.94. The number of pyridine rings is 2. The minimum atomic E-state index is -0.326. The number of carbonyl (C=O) groups excluding carboxylic acids is 1. The maximum atomic E-state index is 13.0. The second-order valence-electron chi connectivity index (χ2n) is 10.4. The molecule has 4 rings (SSSR count). The summed E-state index contributed by atoms with van der Waals surface area (Å²) in [5.74, 6) is -0.326. The van der Waals surface area contributed by atoms with Crippen LogP contribution in [0.2, 0.25) is 5.02 Å². The van der Waals surface area contributed by atoms with Gasteiger partial charge in [-0.05, 0) is 96.8 Å². The molecule has 226 valence electrons. The number of amides is 1. The van der Waals surface area contributed by atoms with E-state index in [2.05, 4.69) is 26.7 Å². The molecule has 0 fully saturated rings. The summed E-state index contributed by atoms with van der Waals surface area (Å²) in [4.78, 5) is 21.8. The Morgan fingerprint density at radius 3 is 2.59 bits per heavy atom. The highest BCUT2D eigenvalue weighted by Gasteiger charge is 2.16. The van der Waals surface area contributed by atoms with E-state index >= 15 is 0 Å². The number of aryl methyl sites for hydroxylation is 2. The maximum Gasteiger partial charge on any atom is 0.274 e. The summed E-state index contributed by atoms with van der Waals surface area (Å²) in [6, 6.07) is 17.2. The van der Waals surface area contributed by atoms with Crippen LogP contribution in [0.25, 0.3) is 23.3 Å². The zero-order valence-corrected chi connectivity index (χ0v) is 25.7. The number of rotatable bonds is 13. The first-order chi connectivity index (χ1) is 21.4. The number of halogens is 1. The zero-order chi connectivity index (χ0) is 31.5. The van der Waals surface area contributed by atoms with Crippen molar-refractivity contribution in [2.45, 2.75) is 39.7 Å². The Morgan fingerprint density at radius 1 is 1.02 bits per heavy atom. The Labute approximate surface area is 263 Å². The third-order valence-electron chi connectivity index (χ3n) is 7.38. The van der Waals surface area contributed by atoms with Gasteiger partial charge in [0.05, 0.1) is 17.9 Å². The number of nitriles is 1. The summed E-state index contributed by atoms with van der Waals surface area (Å²) in [5, 5.41) is 34.9. The van der Waals surface area contributed by atoms with Gasteiger partial charge in [0.15, 0.2) is 0 Å². The monoisotopic (exact) mass is 609 g/mol. The van der Waals surface area contributed by atoms with E-state index in [4.69, 9.17) is 21.8 Å². The molecule has 0 saturated carbocycles. The topological polar surface area (TPSA) is 131 Å². The standard InChI is InChI=1S/C35H36ClN5O3/c1-23-18-26(31(36)19-27(23)22-38-15-17-43)10-12-33-30(20-37)29(13-14-39-33)28-7-5-8-32(24(28)2)41-35(44)34-11-9-25(21-40-34)6-3-4-16-42/h5,7-14,18-19,21,38,42-43H,3-4,6,15-17,22H2,1-2H3,(H,41,44)/b12-10+. The molecule has 4 N–H and O–H groups in total. The molecule has 2 heterocycles. The number of aliphatic hydroxyl groups excluding tert-OH is 2. The van der Waals surface area contributed by atoms with Crippen molar-refractivity contribution in [1.82, 2.24) is 15.3 Å². The summed E-state index contributed by atoms with van der Waals surface area (Å²) < 4.78 is 0. The van der Waals surface area contributed by atoms with Gasteiger partial charge in [-0.1, -0.05) is 41.9 Å². The first-order valence-corrected chi connectivity index (χ1v) is 14.9. The minimum absolute atomic E-state index is 0.0684. The number of anilines is 1. The molecule has 0 bridgehead atoms. The third kappa shape index (κ3) is 8.16. The maximum absolute atomic E-state index is 13.0. The second-order valence-corrected chi connectivity index (χ2v) is 10.8. The molecule has 0 aliphatic carbocycles. The molecule has 0 spiro atoms. The van der Waals surface area contributed by atoms with Crippen LogP contribution < -0.4 is 10.6 Å². The normalized spacial score (nSPS) is 11.1. The number of aromatic nitrogens is 2. The van der Waals surface area contributed by atoms with E-state index in [0.717, 1.165) is 52.6 Å². The highest BCUT2D eigenvalue weighted by molar-refractivity contribution is 6.32. The zero-order valence-electron chi connectivity index (χ0n) is 24.9. The molecule has 0 atom stereocenters. The van der Waals surface area contributed by atoms with Crippen LogP contribution in [-0.4, -0.2) is 45.8 Å². The Bertz CT molecular complexity index is 1680. The van der Waals surface area contributed by atoms with E-state index in [9.17, 15) is 10.1 Å². The lowest BCUT2D eigenvalue weighted by Gasteiger charge is -2.14. The summed E-state index contributed by atoms with van der Waals surface area (Å²) in [7, 11) is 0. The summed E-state index contributed by atoms with van der Waals surface area (Å²) in [5.41, 5.74) is 8.07. The van der Waals surface area contributed by atoms with Gasteiger partial charge in [-0.2, -0.15) is 5.26 Å². The van der Waals surface area contributed by atoms with Gasteiger partial charge in [0.1, 0.15) is 11.8 Å². The summed E-state index contributed by atoms with van der Waals surface area (Å²) >= 11 is 6.58. The van der Waals surface area contributed by atoms with Gasteiger partial charge in [-0.15, -0.1) is 0 Å². The van der Waals surface area contributed by atoms with Crippen LogP contribution in [0.4, 0.5) is 5.69 Å². The molecule has 0 unspecified atom stereocenters. The molecule has 2 aromatic carbocycles. The number of benzene rings is 2. The SMILES string of the molecule is Cc1cc(/C=C/c2nccc(-c3cccc(NC(=O)c4ccc(CCCCO)cn4)c3C)c2C#N)c(Cl)cc1CNCCO. The molecule has 8 nitrogen and oxygen atoms in total. The van der Waals surface area contributed by atoms with Crippen molar-refractivity contribution in [3.8, 4) is 17.2 Å². The van der Waals surface area contributed by atoms with Crippen molar-refractivity contribution in [1.29, 1.82) is 5.26 Å². The molecular formula is C35H36ClN5O3. The highest BCUT2D eigenvalue weighted by atomic mass is 35.5. The first kappa shape index (κ1) is 32.5. The summed E-state index contributed by atoms with van der Waals surface area (Å²) in [6.45, 7) is 5.24. The average Bonchev–Trinajstić information content (AvgIpc) is 3.03. The van der Waals surface area contributed by atoms with Crippen LogP contribution in [0.1, 0.15) is 62.4 Å². The van der Waals surface area contributed by atoms with Crippen molar-refractivity contribution in [3.05, 3.63) is 111 Å². The van der Waals surface area contributed by atoms with Crippen molar-refractivity contribution in [2.75, 3.05) is 25.1 Å². The number of carbonyl (C=O) groups is 1. The lowest BCUT2D eigenvalue weighted by molar-refractivity contribution is 0.102. The Balaban J connectivity index is 1.56. The molecule has 0 aliphatic rings. The van der Waals surface area contributed by atoms with Crippen LogP contribution in [0.5, 0.6) is 0 Å². The average molecular weight is 610 g/mol. The van der Waals surface area contributed by atoms with E-state index in [1.165, 1.54) is 0 Å². The molecule has 9 heteroatoms. The van der Waals surface area contributed by atoms with Crippen LogP contribution in [0.3, 0.4) is 0 Å². The number of aliphatic hydroxyl groups is 2. The van der Waals surface area contributed by atoms with E-state index in [1.54, 1.807) is 30.6 Å². The molecule has 4 aromatic rings.